The predicted molar refractivity (Wildman–Crippen MR) is 136 cm³/mol. The second-order valence-electron chi connectivity index (χ2n) is 9.70. The van der Waals surface area contributed by atoms with Gasteiger partial charge in [-0.15, -0.1) is 0 Å². The summed E-state index contributed by atoms with van der Waals surface area (Å²) in [6.45, 7) is 9.45. The molecule has 0 amide bonds. The van der Waals surface area contributed by atoms with Crippen molar-refractivity contribution in [3.05, 3.63) is 12.4 Å². The molecule has 0 aromatic rings. The maximum Gasteiger partial charge on any atom is 0.101 e. The third-order valence-corrected chi connectivity index (χ3v) is 6.82. The van der Waals surface area contributed by atoms with Gasteiger partial charge in [-0.05, 0) is 25.7 Å². The highest BCUT2D eigenvalue weighted by Gasteiger charge is 2.24. The van der Waals surface area contributed by atoms with Crippen molar-refractivity contribution in [1.82, 2.24) is 9.80 Å². The number of rotatable bonds is 22. The van der Waals surface area contributed by atoms with Crippen LogP contribution in [0.15, 0.2) is 12.4 Å². The second kappa shape index (κ2) is 20.3. The van der Waals surface area contributed by atoms with Gasteiger partial charge in [-0.25, -0.2) is 0 Å². The average molecular weight is 421 g/mol. The normalized spacial score (nSPS) is 16.2. The van der Waals surface area contributed by atoms with Gasteiger partial charge < -0.3 is 9.80 Å². The van der Waals surface area contributed by atoms with Crippen LogP contribution in [0.3, 0.4) is 0 Å². The zero-order chi connectivity index (χ0) is 21.7. The van der Waals surface area contributed by atoms with Gasteiger partial charge in [0.25, 0.3) is 0 Å². The van der Waals surface area contributed by atoms with Crippen molar-refractivity contribution < 1.29 is 0 Å². The molecule has 2 nitrogen and oxygen atoms in total. The fourth-order valence-electron chi connectivity index (χ4n) is 4.77. The van der Waals surface area contributed by atoms with Crippen LogP contribution in [0.4, 0.5) is 0 Å². The molecule has 0 saturated carbocycles. The Morgan fingerprint density at radius 3 is 1.17 bits per heavy atom. The number of nitrogens with zero attached hydrogens (tertiary/aromatic N) is 2. The maximum absolute atomic E-state index is 2.67. The molecule has 0 saturated heterocycles. The van der Waals surface area contributed by atoms with Crippen LogP contribution in [0.25, 0.3) is 0 Å². The standard InChI is InChI=1S/C28H56N2/c1-4-7-10-13-14-15-16-19-22-25-30-27-26-29(24-21-18-12-9-6-3)28(30)23-20-17-11-8-5-2/h26-28H,4-25H2,1-3H3. The molecule has 1 atom stereocenters. The summed E-state index contributed by atoms with van der Waals surface area (Å²) in [5.41, 5.74) is 0. The van der Waals surface area contributed by atoms with Crippen molar-refractivity contribution in [2.75, 3.05) is 13.1 Å². The van der Waals surface area contributed by atoms with Crippen molar-refractivity contribution in [3.63, 3.8) is 0 Å². The van der Waals surface area contributed by atoms with Crippen molar-refractivity contribution in [3.8, 4) is 0 Å². The van der Waals surface area contributed by atoms with E-state index in [9.17, 15) is 0 Å². The molecule has 1 aliphatic heterocycles. The van der Waals surface area contributed by atoms with Gasteiger partial charge in [0.05, 0.1) is 0 Å². The molecule has 1 aliphatic rings. The lowest BCUT2D eigenvalue weighted by Gasteiger charge is -2.33. The summed E-state index contributed by atoms with van der Waals surface area (Å²) < 4.78 is 0. The Morgan fingerprint density at radius 1 is 0.433 bits per heavy atom. The van der Waals surface area contributed by atoms with Gasteiger partial charge in [0.15, 0.2) is 0 Å². The van der Waals surface area contributed by atoms with Gasteiger partial charge in [0.2, 0.25) is 0 Å². The molecule has 1 unspecified atom stereocenters. The molecule has 0 fully saturated rings. The van der Waals surface area contributed by atoms with Crippen molar-refractivity contribution in [2.45, 2.75) is 155 Å². The van der Waals surface area contributed by atoms with Crippen LogP contribution in [0.5, 0.6) is 0 Å². The fourth-order valence-corrected chi connectivity index (χ4v) is 4.77. The van der Waals surface area contributed by atoms with E-state index < -0.39 is 0 Å². The summed E-state index contributed by atoms with van der Waals surface area (Å²) in [6, 6.07) is 0. The summed E-state index contributed by atoms with van der Waals surface area (Å²) in [6.07, 6.45) is 33.5. The van der Waals surface area contributed by atoms with E-state index in [2.05, 4.69) is 43.0 Å². The maximum atomic E-state index is 2.67. The van der Waals surface area contributed by atoms with Crippen LogP contribution < -0.4 is 0 Å². The monoisotopic (exact) mass is 420 g/mol. The molecule has 0 N–H and O–H groups in total. The molecule has 0 bridgehead atoms. The van der Waals surface area contributed by atoms with Crippen molar-refractivity contribution >= 4 is 0 Å². The van der Waals surface area contributed by atoms with E-state index in [0.717, 1.165) is 0 Å². The van der Waals surface area contributed by atoms with E-state index in [1.165, 1.54) is 142 Å². The quantitative estimate of drug-likeness (QED) is 0.161. The zero-order valence-corrected chi connectivity index (χ0v) is 21.2. The third kappa shape index (κ3) is 13.6. The molecular weight excluding hydrogens is 364 g/mol. The molecule has 0 aromatic heterocycles. The summed E-state index contributed by atoms with van der Waals surface area (Å²) in [4.78, 5) is 5.34. The van der Waals surface area contributed by atoms with E-state index in [0.29, 0.717) is 6.17 Å². The van der Waals surface area contributed by atoms with Crippen LogP contribution in [0.1, 0.15) is 149 Å². The third-order valence-electron chi connectivity index (χ3n) is 6.82. The van der Waals surface area contributed by atoms with E-state index >= 15 is 0 Å². The molecule has 0 spiro atoms. The van der Waals surface area contributed by atoms with E-state index in [1.54, 1.807) is 0 Å². The first-order valence-electron chi connectivity index (χ1n) is 14.0. The molecular formula is C28H56N2. The highest BCUT2D eigenvalue weighted by Crippen LogP contribution is 2.23. The first-order valence-corrected chi connectivity index (χ1v) is 14.0. The number of hydrogen-bond acceptors (Lipinski definition) is 2. The van der Waals surface area contributed by atoms with Crippen LogP contribution in [-0.2, 0) is 0 Å². The summed E-state index contributed by atoms with van der Waals surface area (Å²) in [7, 11) is 0. The molecule has 1 heterocycles. The topological polar surface area (TPSA) is 6.48 Å². The summed E-state index contributed by atoms with van der Waals surface area (Å²) in [5.74, 6) is 0. The Kier molecular flexibility index (Phi) is 18.5. The highest BCUT2D eigenvalue weighted by atomic mass is 15.4. The van der Waals surface area contributed by atoms with Crippen molar-refractivity contribution in [1.29, 1.82) is 0 Å². The smallest absolute Gasteiger partial charge is 0.101 e. The predicted octanol–water partition coefficient (Wildman–Crippen LogP) is 9.26. The van der Waals surface area contributed by atoms with Gasteiger partial charge in [0, 0.05) is 25.5 Å². The lowest BCUT2D eigenvalue weighted by molar-refractivity contribution is 0.135. The molecule has 2 heteroatoms. The number of hydrogen-bond donors (Lipinski definition) is 0. The Bertz CT molecular complexity index is 379. The van der Waals surface area contributed by atoms with Crippen molar-refractivity contribution in [2.24, 2.45) is 0 Å². The molecule has 30 heavy (non-hydrogen) atoms. The van der Waals surface area contributed by atoms with Gasteiger partial charge in [-0.3, -0.25) is 0 Å². The Balaban J connectivity index is 2.25. The minimum Gasteiger partial charge on any atom is -0.356 e. The summed E-state index contributed by atoms with van der Waals surface area (Å²) >= 11 is 0. The minimum absolute atomic E-state index is 0.645. The molecule has 0 aliphatic carbocycles. The second-order valence-corrected chi connectivity index (χ2v) is 9.70. The first-order chi connectivity index (χ1) is 14.8. The minimum atomic E-state index is 0.645. The average Bonchev–Trinajstić information content (AvgIpc) is 3.14. The van der Waals surface area contributed by atoms with Gasteiger partial charge in [-0.1, -0.05) is 124 Å². The molecule has 178 valence electrons. The number of unbranched alkanes of at least 4 members (excludes halogenated alkanes) is 16. The lowest BCUT2D eigenvalue weighted by atomic mass is 10.1. The Hall–Kier alpha value is -0.660. The van der Waals surface area contributed by atoms with Crippen LogP contribution in [0.2, 0.25) is 0 Å². The van der Waals surface area contributed by atoms with E-state index in [4.69, 9.17) is 0 Å². The lowest BCUT2D eigenvalue weighted by Crippen LogP contribution is -2.39. The van der Waals surface area contributed by atoms with Crippen LogP contribution in [0, 0.1) is 0 Å². The van der Waals surface area contributed by atoms with Gasteiger partial charge in [-0.2, -0.15) is 0 Å². The molecule has 0 aromatic carbocycles. The highest BCUT2D eigenvalue weighted by molar-refractivity contribution is 4.97. The van der Waals surface area contributed by atoms with E-state index in [1.807, 2.05) is 0 Å². The largest absolute Gasteiger partial charge is 0.356 e. The summed E-state index contributed by atoms with van der Waals surface area (Å²) in [5, 5.41) is 0. The van der Waals surface area contributed by atoms with E-state index in [-0.39, 0.29) is 0 Å². The van der Waals surface area contributed by atoms with Gasteiger partial charge in [0.1, 0.15) is 6.17 Å². The fraction of sp³-hybridized carbons (Fsp3) is 0.929. The zero-order valence-electron chi connectivity index (χ0n) is 21.2. The molecule has 0 radical (unpaired) electrons. The first kappa shape index (κ1) is 27.4. The Labute approximate surface area is 190 Å². The van der Waals surface area contributed by atoms with Gasteiger partial charge >= 0.3 is 0 Å². The SMILES string of the molecule is CCCCCCCCCCCN1C=CN(CCCCCCC)C1CCCCCCC. The Morgan fingerprint density at radius 2 is 0.767 bits per heavy atom. The van der Waals surface area contributed by atoms with Crippen LogP contribution >= 0.6 is 0 Å². The van der Waals surface area contributed by atoms with Crippen LogP contribution in [-0.4, -0.2) is 29.1 Å². The molecule has 1 rings (SSSR count).